The molecule has 2 fully saturated rings. The van der Waals surface area contributed by atoms with Crippen molar-refractivity contribution in [1.82, 2.24) is 4.90 Å². The molecule has 2 saturated carbocycles. The van der Waals surface area contributed by atoms with E-state index in [-0.39, 0.29) is 11.5 Å². The SMILES string of the molecule is CN(C(=O)C1(C)CCCCC1)C(CN)C1CC1. The monoisotopic (exact) mass is 238 g/mol. The van der Waals surface area contributed by atoms with Gasteiger partial charge in [-0.3, -0.25) is 4.79 Å². The lowest BCUT2D eigenvalue weighted by atomic mass is 9.74. The molecule has 98 valence electrons. The molecule has 0 aromatic carbocycles. The average Bonchev–Trinajstić information content (AvgIpc) is 3.14. The van der Waals surface area contributed by atoms with Crippen molar-refractivity contribution in [3.05, 3.63) is 0 Å². The molecule has 0 saturated heterocycles. The van der Waals surface area contributed by atoms with Crippen LogP contribution in [0, 0.1) is 11.3 Å². The molecule has 1 atom stereocenters. The molecule has 3 nitrogen and oxygen atoms in total. The Bertz CT molecular complexity index is 280. The number of nitrogens with two attached hydrogens (primary N) is 1. The van der Waals surface area contributed by atoms with E-state index in [9.17, 15) is 4.79 Å². The minimum atomic E-state index is -0.116. The third-order valence-electron chi connectivity index (χ3n) is 4.70. The predicted octanol–water partition coefficient (Wildman–Crippen LogP) is 2.15. The van der Waals surface area contributed by atoms with Gasteiger partial charge < -0.3 is 10.6 Å². The molecular formula is C14H26N2O. The van der Waals surface area contributed by atoms with E-state index < -0.39 is 0 Å². The van der Waals surface area contributed by atoms with Crippen LogP contribution in [0.1, 0.15) is 51.9 Å². The molecule has 0 aromatic heterocycles. The molecule has 3 heteroatoms. The molecule has 2 rings (SSSR count). The Morgan fingerprint density at radius 2 is 1.94 bits per heavy atom. The van der Waals surface area contributed by atoms with Gasteiger partial charge in [-0.05, 0) is 31.6 Å². The smallest absolute Gasteiger partial charge is 0.228 e. The zero-order valence-corrected chi connectivity index (χ0v) is 11.2. The Labute approximate surface area is 105 Å². The van der Waals surface area contributed by atoms with Crippen molar-refractivity contribution < 1.29 is 4.79 Å². The maximum Gasteiger partial charge on any atom is 0.228 e. The van der Waals surface area contributed by atoms with E-state index in [0.717, 1.165) is 12.8 Å². The van der Waals surface area contributed by atoms with Gasteiger partial charge >= 0.3 is 0 Å². The minimum Gasteiger partial charge on any atom is -0.341 e. The van der Waals surface area contributed by atoms with Crippen LogP contribution in [0.25, 0.3) is 0 Å². The third-order valence-corrected chi connectivity index (χ3v) is 4.70. The fourth-order valence-corrected chi connectivity index (χ4v) is 3.27. The van der Waals surface area contributed by atoms with Crippen LogP contribution < -0.4 is 5.73 Å². The summed E-state index contributed by atoms with van der Waals surface area (Å²) in [5, 5.41) is 0. The Hall–Kier alpha value is -0.570. The highest BCUT2D eigenvalue weighted by molar-refractivity contribution is 5.82. The summed E-state index contributed by atoms with van der Waals surface area (Å²) in [6.45, 7) is 2.76. The van der Waals surface area contributed by atoms with E-state index in [1.165, 1.54) is 32.1 Å². The van der Waals surface area contributed by atoms with Crippen LogP contribution in [-0.2, 0) is 4.79 Å². The minimum absolute atomic E-state index is 0.116. The van der Waals surface area contributed by atoms with Gasteiger partial charge in [0.05, 0.1) is 0 Å². The second-order valence-electron chi connectivity index (χ2n) is 6.18. The molecule has 0 radical (unpaired) electrons. The lowest BCUT2D eigenvalue weighted by Crippen LogP contribution is -2.49. The van der Waals surface area contributed by atoms with Crippen LogP contribution >= 0.6 is 0 Å². The van der Waals surface area contributed by atoms with Crippen molar-refractivity contribution in [3.63, 3.8) is 0 Å². The van der Waals surface area contributed by atoms with Crippen LogP contribution in [0.4, 0.5) is 0 Å². The fourth-order valence-electron chi connectivity index (χ4n) is 3.27. The summed E-state index contributed by atoms with van der Waals surface area (Å²) >= 11 is 0. The first-order chi connectivity index (χ1) is 8.08. The van der Waals surface area contributed by atoms with Gasteiger partial charge in [0.1, 0.15) is 0 Å². The number of hydrogen-bond acceptors (Lipinski definition) is 2. The van der Waals surface area contributed by atoms with Crippen LogP contribution in [0.3, 0.4) is 0 Å². The van der Waals surface area contributed by atoms with Crippen molar-refractivity contribution in [3.8, 4) is 0 Å². The molecule has 1 amide bonds. The molecule has 0 aromatic rings. The third kappa shape index (κ3) is 2.65. The van der Waals surface area contributed by atoms with Gasteiger partial charge in [0, 0.05) is 25.0 Å². The summed E-state index contributed by atoms with van der Waals surface area (Å²) in [5.41, 5.74) is 5.72. The van der Waals surface area contributed by atoms with E-state index in [0.29, 0.717) is 18.4 Å². The summed E-state index contributed by atoms with van der Waals surface area (Å²) in [6, 6.07) is 0.279. The van der Waals surface area contributed by atoms with Crippen LogP contribution in [-0.4, -0.2) is 30.4 Å². The second-order valence-corrected chi connectivity index (χ2v) is 6.18. The maximum atomic E-state index is 12.6. The molecule has 0 heterocycles. The van der Waals surface area contributed by atoms with Gasteiger partial charge in [-0.1, -0.05) is 26.2 Å². The van der Waals surface area contributed by atoms with Gasteiger partial charge in [-0.15, -0.1) is 0 Å². The molecule has 1 unspecified atom stereocenters. The van der Waals surface area contributed by atoms with E-state index in [4.69, 9.17) is 5.73 Å². The highest BCUT2D eigenvalue weighted by atomic mass is 16.2. The highest BCUT2D eigenvalue weighted by Crippen LogP contribution is 2.40. The zero-order chi connectivity index (χ0) is 12.5. The number of nitrogens with zero attached hydrogens (tertiary/aromatic N) is 1. The van der Waals surface area contributed by atoms with E-state index in [1.807, 2.05) is 11.9 Å². The first-order valence-electron chi connectivity index (χ1n) is 7.06. The first kappa shape index (κ1) is 12.9. The molecule has 2 aliphatic rings. The Morgan fingerprint density at radius 1 is 1.35 bits per heavy atom. The fraction of sp³-hybridized carbons (Fsp3) is 0.929. The first-order valence-corrected chi connectivity index (χ1v) is 7.06. The summed E-state index contributed by atoms with van der Waals surface area (Å²) in [5.74, 6) is 1.00. The Morgan fingerprint density at radius 3 is 2.41 bits per heavy atom. The topological polar surface area (TPSA) is 46.3 Å². The van der Waals surface area contributed by atoms with E-state index in [2.05, 4.69) is 6.92 Å². The molecule has 2 N–H and O–H groups in total. The summed E-state index contributed by atoms with van der Waals surface area (Å²) in [4.78, 5) is 14.6. The standard InChI is InChI=1S/C14H26N2O/c1-14(8-4-3-5-9-14)13(17)16(2)12(10-15)11-6-7-11/h11-12H,3-10,15H2,1-2H3. The average molecular weight is 238 g/mol. The summed E-state index contributed by atoms with van der Waals surface area (Å²) in [6.07, 6.45) is 8.29. The number of hydrogen-bond donors (Lipinski definition) is 1. The lowest BCUT2D eigenvalue weighted by Gasteiger charge is -2.38. The predicted molar refractivity (Wildman–Crippen MR) is 69.5 cm³/mol. The number of likely N-dealkylation sites (N-methyl/N-ethyl adjacent to an activating group) is 1. The highest BCUT2D eigenvalue weighted by Gasteiger charge is 2.41. The van der Waals surface area contributed by atoms with Crippen molar-refractivity contribution in [1.29, 1.82) is 0 Å². The zero-order valence-electron chi connectivity index (χ0n) is 11.2. The molecular weight excluding hydrogens is 212 g/mol. The quantitative estimate of drug-likeness (QED) is 0.815. The van der Waals surface area contributed by atoms with Gasteiger partial charge in [-0.2, -0.15) is 0 Å². The molecule has 2 aliphatic carbocycles. The van der Waals surface area contributed by atoms with Crippen LogP contribution in [0.15, 0.2) is 0 Å². The number of amides is 1. The summed E-state index contributed by atoms with van der Waals surface area (Å²) < 4.78 is 0. The van der Waals surface area contributed by atoms with Crippen molar-refractivity contribution in [2.24, 2.45) is 17.1 Å². The van der Waals surface area contributed by atoms with E-state index in [1.54, 1.807) is 0 Å². The van der Waals surface area contributed by atoms with E-state index >= 15 is 0 Å². The van der Waals surface area contributed by atoms with Gasteiger partial charge in [0.15, 0.2) is 0 Å². The number of rotatable bonds is 4. The molecule has 0 bridgehead atoms. The van der Waals surface area contributed by atoms with Crippen molar-refractivity contribution >= 4 is 5.91 Å². The van der Waals surface area contributed by atoms with Crippen LogP contribution in [0.2, 0.25) is 0 Å². The van der Waals surface area contributed by atoms with Crippen molar-refractivity contribution in [2.45, 2.75) is 57.9 Å². The van der Waals surface area contributed by atoms with Gasteiger partial charge in [0.25, 0.3) is 0 Å². The number of carbonyl (C=O) groups excluding carboxylic acids is 1. The second kappa shape index (κ2) is 4.97. The van der Waals surface area contributed by atoms with Crippen molar-refractivity contribution in [2.75, 3.05) is 13.6 Å². The van der Waals surface area contributed by atoms with Crippen LogP contribution in [0.5, 0.6) is 0 Å². The van der Waals surface area contributed by atoms with Gasteiger partial charge in [0.2, 0.25) is 5.91 Å². The maximum absolute atomic E-state index is 12.6. The largest absolute Gasteiger partial charge is 0.341 e. The molecule has 0 aliphatic heterocycles. The lowest BCUT2D eigenvalue weighted by molar-refractivity contribution is -0.144. The Balaban J connectivity index is 2.01. The van der Waals surface area contributed by atoms with Gasteiger partial charge in [-0.25, -0.2) is 0 Å². The molecule has 17 heavy (non-hydrogen) atoms. The summed E-state index contributed by atoms with van der Waals surface area (Å²) in [7, 11) is 1.96. The normalized spacial score (nSPS) is 25.4. The number of carbonyl (C=O) groups is 1. The molecule has 0 spiro atoms. The Kier molecular flexibility index (Phi) is 3.76.